The smallest absolute Gasteiger partial charge is 0.283 e. The lowest BCUT2D eigenvalue weighted by molar-refractivity contribution is -0.114. The second kappa shape index (κ2) is 8.98. The number of aromatic nitrogens is 1. The third-order valence-electron chi connectivity index (χ3n) is 4.03. The Morgan fingerprint density at radius 2 is 2.00 bits per heavy atom. The monoisotopic (exact) mass is 438 g/mol. The van der Waals surface area contributed by atoms with Crippen molar-refractivity contribution in [1.82, 2.24) is 4.98 Å². The molecule has 9 heteroatoms. The molecule has 0 saturated carbocycles. The van der Waals surface area contributed by atoms with E-state index >= 15 is 0 Å². The summed E-state index contributed by atoms with van der Waals surface area (Å²) in [4.78, 5) is 35.2. The molecule has 30 heavy (non-hydrogen) atoms. The average Bonchev–Trinajstić information content (AvgIpc) is 3.37. The Kier molecular flexibility index (Phi) is 5.97. The van der Waals surface area contributed by atoms with Gasteiger partial charge in [-0.05, 0) is 36.4 Å². The summed E-state index contributed by atoms with van der Waals surface area (Å²) in [6.07, 6.45) is 4.63. The fourth-order valence-electron chi connectivity index (χ4n) is 2.70. The van der Waals surface area contributed by atoms with E-state index < -0.39 is 0 Å². The highest BCUT2D eigenvalue weighted by atomic mass is 35.5. The van der Waals surface area contributed by atoms with Crippen LogP contribution < -0.4 is 10.2 Å². The average molecular weight is 439 g/mol. The summed E-state index contributed by atoms with van der Waals surface area (Å²) in [5.74, 6) is -0.0306. The van der Waals surface area contributed by atoms with Gasteiger partial charge in [-0.1, -0.05) is 41.6 Å². The van der Waals surface area contributed by atoms with Crippen molar-refractivity contribution in [2.24, 2.45) is 4.99 Å². The van der Waals surface area contributed by atoms with Crippen LogP contribution in [0, 0.1) is 0 Å². The van der Waals surface area contributed by atoms with Gasteiger partial charge in [0.2, 0.25) is 5.91 Å². The van der Waals surface area contributed by atoms with E-state index in [-0.39, 0.29) is 28.4 Å². The number of para-hydroxylation sites is 1. The normalized spacial score (nSPS) is 14.8. The Morgan fingerprint density at radius 1 is 1.17 bits per heavy atom. The molecule has 0 saturated heterocycles. The molecule has 3 heterocycles. The summed E-state index contributed by atoms with van der Waals surface area (Å²) in [6, 6.07) is 15.9. The van der Waals surface area contributed by atoms with Crippen LogP contribution >= 0.6 is 23.4 Å². The zero-order chi connectivity index (χ0) is 20.9. The number of hydrogen-bond donors (Lipinski definition) is 1. The molecule has 1 aromatic carbocycles. The number of anilines is 2. The van der Waals surface area contributed by atoms with E-state index in [4.69, 9.17) is 16.0 Å². The van der Waals surface area contributed by atoms with Crippen molar-refractivity contribution in [1.29, 1.82) is 0 Å². The summed E-state index contributed by atoms with van der Waals surface area (Å²) in [7, 11) is 0. The number of nitrogens with one attached hydrogen (secondary N) is 1. The first-order chi connectivity index (χ1) is 14.6. The minimum Gasteiger partial charge on any atom is -0.465 e. The van der Waals surface area contributed by atoms with Gasteiger partial charge in [0.1, 0.15) is 11.5 Å². The zero-order valence-corrected chi connectivity index (χ0v) is 17.1. The van der Waals surface area contributed by atoms with Crippen LogP contribution in [0.4, 0.5) is 11.4 Å². The number of pyridine rings is 1. The fourth-order valence-corrected chi connectivity index (χ4v) is 3.68. The molecule has 4 rings (SSSR count). The lowest BCUT2D eigenvalue weighted by Gasteiger charge is -2.17. The number of nitrogens with zero attached hydrogens (tertiary/aromatic N) is 3. The van der Waals surface area contributed by atoms with E-state index in [1.807, 2.05) is 18.2 Å². The zero-order valence-electron chi connectivity index (χ0n) is 15.5. The summed E-state index contributed by atoms with van der Waals surface area (Å²) in [5, 5.41) is 3.31. The van der Waals surface area contributed by atoms with Gasteiger partial charge in [0.15, 0.2) is 10.3 Å². The molecule has 0 bridgehead atoms. The Labute approximate surface area is 181 Å². The van der Waals surface area contributed by atoms with Crippen molar-refractivity contribution < 1.29 is 14.0 Å². The van der Waals surface area contributed by atoms with Crippen molar-refractivity contribution in [2.75, 3.05) is 16.0 Å². The Bertz CT molecular complexity index is 1130. The molecule has 2 amide bonds. The fraction of sp³-hybridized carbons (Fsp3) is 0.0476. The first-order valence-electron chi connectivity index (χ1n) is 8.88. The van der Waals surface area contributed by atoms with Gasteiger partial charge >= 0.3 is 0 Å². The third-order valence-corrected chi connectivity index (χ3v) is 5.27. The summed E-state index contributed by atoms with van der Waals surface area (Å²) >= 11 is 7.13. The van der Waals surface area contributed by atoms with Gasteiger partial charge in [-0.3, -0.25) is 14.5 Å². The largest absolute Gasteiger partial charge is 0.465 e. The van der Waals surface area contributed by atoms with Crippen LogP contribution in [0.25, 0.3) is 6.08 Å². The van der Waals surface area contributed by atoms with Crippen molar-refractivity contribution >= 4 is 57.8 Å². The maximum Gasteiger partial charge on any atom is 0.283 e. The lowest BCUT2D eigenvalue weighted by atomic mass is 10.2. The Balaban J connectivity index is 1.54. The maximum atomic E-state index is 13.0. The quantitative estimate of drug-likeness (QED) is 0.470. The number of rotatable bonds is 5. The number of halogens is 1. The molecule has 0 atom stereocenters. The predicted molar refractivity (Wildman–Crippen MR) is 118 cm³/mol. The number of amidine groups is 1. The number of amides is 2. The third kappa shape index (κ3) is 4.45. The molecule has 1 aliphatic rings. The number of furan rings is 1. The van der Waals surface area contributed by atoms with Gasteiger partial charge in [-0.2, -0.15) is 0 Å². The number of benzene rings is 1. The molecule has 0 fully saturated rings. The van der Waals surface area contributed by atoms with Crippen molar-refractivity contribution in [3.63, 3.8) is 0 Å². The van der Waals surface area contributed by atoms with E-state index in [2.05, 4.69) is 15.3 Å². The van der Waals surface area contributed by atoms with Crippen LogP contribution in [0.2, 0.25) is 5.15 Å². The van der Waals surface area contributed by atoms with Gasteiger partial charge in [0.25, 0.3) is 5.91 Å². The molecular formula is C21H15ClN4O3S. The minimum atomic E-state index is -0.296. The standard InChI is InChI=1S/C21H15ClN4O3S/c22-19-16(9-4-10-23-19)24-18(27)13-30-21-25-17(12-15-8-5-11-29-15)20(28)26(21)14-6-2-1-3-7-14/h1-12H,13H2,(H,24,27)/b17-12+. The molecular weight excluding hydrogens is 424 g/mol. The molecule has 0 spiro atoms. The van der Waals surface area contributed by atoms with E-state index in [9.17, 15) is 9.59 Å². The molecule has 150 valence electrons. The molecule has 0 unspecified atom stereocenters. The maximum absolute atomic E-state index is 13.0. The minimum absolute atomic E-state index is 0.0364. The molecule has 0 radical (unpaired) electrons. The summed E-state index contributed by atoms with van der Waals surface area (Å²) < 4.78 is 5.29. The number of aliphatic imine (C=N–C) groups is 1. The lowest BCUT2D eigenvalue weighted by Crippen LogP contribution is -2.31. The van der Waals surface area contributed by atoms with Gasteiger partial charge in [0.05, 0.1) is 23.4 Å². The first kappa shape index (κ1) is 19.9. The van der Waals surface area contributed by atoms with Gasteiger partial charge in [-0.25, -0.2) is 9.98 Å². The highest BCUT2D eigenvalue weighted by Crippen LogP contribution is 2.29. The number of carbonyl (C=O) groups is 2. The second-order valence-electron chi connectivity index (χ2n) is 6.09. The van der Waals surface area contributed by atoms with Crippen LogP contribution in [-0.4, -0.2) is 27.7 Å². The number of thioether (sulfide) groups is 1. The van der Waals surface area contributed by atoms with Crippen LogP contribution in [0.3, 0.4) is 0 Å². The summed E-state index contributed by atoms with van der Waals surface area (Å²) in [5.41, 5.74) is 1.31. The van der Waals surface area contributed by atoms with E-state index in [1.165, 1.54) is 17.4 Å². The predicted octanol–water partition coefficient (Wildman–Crippen LogP) is 4.44. The van der Waals surface area contributed by atoms with Crippen molar-refractivity contribution in [3.8, 4) is 0 Å². The molecule has 7 nitrogen and oxygen atoms in total. The van der Waals surface area contributed by atoms with Crippen LogP contribution in [0.5, 0.6) is 0 Å². The van der Waals surface area contributed by atoms with Gasteiger partial charge in [-0.15, -0.1) is 0 Å². The summed E-state index contributed by atoms with van der Waals surface area (Å²) in [6.45, 7) is 0. The molecule has 1 N–H and O–H groups in total. The Hall–Kier alpha value is -3.36. The van der Waals surface area contributed by atoms with Crippen molar-refractivity contribution in [3.05, 3.63) is 83.7 Å². The van der Waals surface area contributed by atoms with Gasteiger partial charge in [0, 0.05) is 12.3 Å². The van der Waals surface area contributed by atoms with E-state index in [0.717, 1.165) is 11.8 Å². The molecule has 0 aliphatic carbocycles. The molecule has 1 aliphatic heterocycles. The highest BCUT2D eigenvalue weighted by Gasteiger charge is 2.32. The first-order valence-corrected chi connectivity index (χ1v) is 10.2. The van der Waals surface area contributed by atoms with Crippen molar-refractivity contribution in [2.45, 2.75) is 0 Å². The SMILES string of the molecule is O=C(CSC1=N/C(=C/c2ccco2)C(=O)N1c1ccccc1)Nc1cccnc1Cl. The second-order valence-corrected chi connectivity index (χ2v) is 7.39. The highest BCUT2D eigenvalue weighted by molar-refractivity contribution is 8.14. The molecule has 2 aromatic heterocycles. The number of carbonyl (C=O) groups excluding carboxylic acids is 2. The number of hydrogen-bond acceptors (Lipinski definition) is 6. The Morgan fingerprint density at radius 3 is 2.73 bits per heavy atom. The van der Waals surface area contributed by atoms with Gasteiger partial charge < -0.3 is 9.73 Å². The molecule has 3 aromatic rings. The topological polar surface area (TPSA) is 87.8 Å². The van der Waals surface area contributed by atoms with Crippen LogP contribution in [0.1, 0.15) is 5.76 Å². The van der Waals surface area contributed by atoms with Crippen LogP contribution in [-0.2, 0) is 9.59 Å². The van der Waals surface area contributed by atoms with E-state index in [1.54, 1.807) is 42.5 Å². The van der Waals surface area contributed by atoms with Crippen LogP contribution in [0.15, 0.2) is 82.2 Å². The van der Waals surface area contributed by atoms with E-state index in [0.29, 0.717) is 22.3 Å².